The number of rotatable bonds is 5. The Morgan fingerprint density at radius 1 is 1.00 bits per heavy atom. The second-order valence-electron chi connectivity index (χ2n) is 6.47. The molecule has 0 spiro atoms. The lowest BCUT2D eigenvalue weighted by Gasteiger charge is -2.14. The summed E-state index contributed by atoms with van der Waals surface area (Å²) < 4.78 is 20.0. The standard InChI is InChI=1S/C21H23FO2/c22-20-14-18(24-15-16-8-4-3-5-9-16)12-13-19(20)21(23)17-10-6-1-2-7-11-17/h3-5,8-9,12-14,17H,1-2,6-7,10-11,15H2. The summed E-state index contributed by atoms with van der Waals surface area (Å²) in [6.07, 6.45) is 6.25. The topological polar surface area (TPSA) is 26.3 Å². The highest BCUT2D eigenvalue weighted by Gasteiger charge is 2.23. The zero-order chi connectivity index (χ0) is 16.8. The summed E-state index contributed by atoms with van der Waals surface area (Å²) in [6.45, 7) is 0.385. The van der Waals surface area contributed by atoms with Gasteiger partial charge >= 0.3 is 0 Å². The average Bonchev–Trinajstić information content (AvgIpc) is 2.90. The smallest absolute Gasteiger partial charge is 0.168 e. The maximum atomic E-state index is 14.4. The molecule has 0 aliphatic heterocycles. The maximum absolute atomic E-state index is 14.4. The Hall–Kier alpha value is -2.16. The molecule has 1 saturated carbocycles. The molecule has 3 rings (SSSR count). The molecular weight excluding hydrogens is 303 g/mol. The van der Waals surface area contributed by atoms with E-state index in [9.17, 15) is 9.18 Å². The molecule has 0 bridgehead atoms. The van der Waals surface area contributed by atoms with E-state index in [1.165, 1.54) is 18.9 Å². The lowest BCUT2D eigenvalue weighted by Crippen LogP contribution is -2.15. The molecule has 1 aliphatic rings. The molecule has 0 amide bonds. The molecule has 126 valence electrons. The molecule has 0 aromatic heterocycles. The fourth-order valence-electron chi connectivity index (χ4n) is 3.29. The van der Waals surface area contributed by atoms with Crippen LogP contribution in [0.3, 0.4) is 0 Å². The maximum Gasteiger partial charge on any atom is 0.168 e. The number of Topliss-reactive ketones (excluding diaryl/α,β-unsaturated/α-hetero) is 1. The van der Waals surface area contributed by atoms with Crippen LogP contribution in [0.1, 0.15) is 54.4 Å². The monoisotopic (exact) mass is 326 g/mol. The van der Waals surface area contributed by atoms with E-state index in [1.54, 1.807) is 12.1 Å². The normalized spacial score (nSPS) is 15.7. The molecule has 2 aromatic rings. The molecule has 1 aliphatic carbocycles. The Morgan fingerprint density at radius 3 is 2.38 bits per heavy atom. The van der Waals surface area contributed by atoms with Crippen LogP contribution in [0.5, 0.6) is 5.75 Å². The van der Waals surface area contributed by atoms with Crippen LogP contribution in [0.2, 0.25) is 0 Å². The quantitative estimate of drug-likeness (QED) is 0.531. The molecule has 1 fully saturated rings. The molecule has 0 saturated heterocycles. The summed E-state index contributed by atoms with van der Waals surface area (Å²) >= 11 is 0. The first-order chi connectivity index (χ1) is 11.7. The molecule has 0 atom stereocenters. The van der Waals surface area contributed by atoms with Crippen LogP contribution in [-0.2, 0) is 6.61 Å². The second-order valence-corrected chi connectivity index (χ2v) is 6.47. The van der Waals surface area contributed by atoms with Crippen molar-refractivity contribution in [3.05, 3.63) is 65.5 Å². The van der Waals surface area contributed by atoms with Gasteiger partial charge in [-0.3, -0.25) is 4.79 Å². The molecule has 0 N–H and O–H groups in total. The van der Waals surface area contributed by atoms with Crippen LogP contribution in [0.15, 0.2) is 48.5 Å². The lowest BCUT2D eigenvalue weighted by molar-refractivity contribution is 0.0903. The number of benzene rings is 2. The van der Waals surface area contributed by atoms with Crippen molar-refractivity contribution in [2.45, 2.75) is 45.1 Å². The van der Waals surface area contributed by atoms with Crippen molar-refractivity contribution in [2.75, 3.05) is 0 Å². The molecule has 0 radical (unpaired) electrons. The third kappa shape index (κ3) is 4.22. The average molecular weight is 326 g/mol. The zero-order valence-corrected chi connectivity index (χ0v) is 13.8. The molecule has 3 heteroatoms. The number of halogens is 1. The summed E-state index contributed by atoms with van der Waals surface area (Å²) in [5, 5.41) is 0. The first-order valence-corrected chi connectivity index (χ1v) is 8.74. The van der Waals surface area contributed by atoms with Crippen LogP contribution in [0, 0.1) is 11.7 Å². The van der Waals surface area contributed by atoms with Gasteiger partial charge in [0, 0.05) is 12.0 Å². The van der Waals surface area contributed by atoms with Gasteiger partial charge in [-0.05, 0) is 30.5 Å². The lowest BCUT2D eigenvalue weighted by atomic mass is 9.91. The summed E-state index contributed by atoms with van der Waals surface area (Å²) in [4.78, 5) is 12.6. The summed E-state index contributed by atoms with van der Waals surface area (Å²) in [7, 11) is 0. The van der Waals surface area contributed by atoms with Gasteiger partial charge in [-0.1, -0.05) is 56.0 Å². The third-order valence-electron chi connectivity index (χ3n) is 4.68. The van der Waals surface area contributed by atoms with E-state index < -0.39 is 5.82 Å². The highest BCUT2D eigenvalue weighted by atomic mass is 19.1. The fraction of sp³-hybridized carbons (Fsp3) is 0.381. The number of carbonyl (C=O) groups is 1. The highest BCUT2D eigenvalue weighted by Crippen LogP contribution is 2.28. The Balaban J connectivity index is 1.66. The van der Waals surface area contributed by atoms with Crippen molar-refractivity contribution in [1.82, 2.24) is 0 Å². The molecule has 2 nitrogen and oxygen atoms in total. The van der Waals surface area contributed by atoms with Gasteiger partial charge < -0.3 is 4.74 Å². The van der Waals surface area contributed by atoms with Gasteiger partial charge in [0.05, 0.1) is 5.56 Å². The number of ether oxygens (including phenoxy) is 1. The van der Waals surface area contributed by atoms with Gasteiger partial charge in [-0.25, -0.2) is 4.39 Å². The largest absolute Gasteiger partial charge is 0.489 e. The van der Waals surface area contributed by atoms with Crippen molar-refractivity contribution >= 4 is 5.78 Å². The van der Waals surface area contributed by atoms with Crippen LogP contribution < -0.4 is 4.74 Å². The van der Waals surface area contributed by atoms with Crippen molar-refractivity contribution in [3.8, 4) is 5.75 Å². The SMILES string of the molecule is O=C(c1ccc(OCc2ccccc2)cc1F)C1CCCCCC1. The van der Waals surface area contributed by atoms with E-state index in [2.05, 4.69) is 0 Å². The van der Waals surface area contributed by atoms with Gasteiger partial charge in [0.15, 0.2) is 5.78 Å². The molecule has 0 heterocycles. The molecule has 24 heavy (non-hydrogen) atoms. The van der Waals surface area contributed by atoms with Crippen molar-refractivity contribution in [2.24, 2.45) is 5.92 Å². The summed E-state index contributed by atoms with van der Waals surface area (Å²) in [5.41, 5.74) is 1.23. The first kappa shape index (κ1) is 16.7. The summed E-state index contributed by atoms with van der Waals surface area (Å²) in [5.74, 6) is -0.106. The second kappa shape index (κ2) is 8.09. The number of ketones is 1. The number of carbonyl (C=O) groups excluding carboxylic acids is 1. The Kier molecular flexibility index (Phi) is 5.63. The van der Waals surface area contributed by atoms with Crippen LogP contribution >= 0.6 is 0 Å². The minimum absolute atomic E-state index is 0.0295. The van der Waals surface area contributed by atoms with Crippen molar-refractivity contribution < 1.29 is 13.9 Å². The minimum atomic E-state index is -0.477. The summed E-state index contributed by atoms with van der Waals surface area (Å²) in [6, 6.07) is 14.3. The van der Waals surface area contributed by atoms with Crippen LogP contribution in [0.4, 0.5) is 4.39 Å². The molecule has 2 aromatic carbocycles. The van der Waals surface area contributed by atoms with Gasteiger partial charge in [0.1, 0.15) is 18.2 Å². The Morgan fingerprint density at radius 2 is 1.71 bits per heavy atom. The highest BCUT2D eigenvalue weighted by molar-refractivity contribution is 5.98. The third-order valence-corrected chi connectivity index (χ3v) is 4.68. The zero-order valence-electron chi connectivity index (χ0n) is 13.8. The predicted octanol–water partition coefficient (Wildman–Crippen LogP) is 5.56. The first-order valence-electron chi connectivity index (χ1n) is 8.74. The van der Waals surface area contributed by atoms with Gasteiger partial charge in [0.25, 0.3) is 0 Å². The van der Waals surface area contributed by atoms with E-state index in [0.717, 1.165) is 31.2 Å². The predicted molar refractivity (Wildman–Crippen MR) is 92.7 cm³/mol. The Bertz CT molecular complexity index is 673. The number of hydrogen-bond acceptors (Lipinski definition) is 2. The van der Waals surface area contributed by atoms with E-state index in [0.29, 0.717) is 12.4 Å². The van der Waals surface area contributed by atoms with Crippen LogP contribution in [0.25, 0.3) is 0 Å². The van der Waals surface area contributed by atoms with E-state index in [1.807, 2.05) is 30.3 Å². The number of hydrogen-bond donors (Lipinski definition) is 0. The van der Waals surface area contributed by atoms with Crippen LogP contribution in [-0.4, -0.2) is 5.78 Å². The fourth-order valence-corrected chi connectivity index (χ4v) is 3.29. The molecule has 0 unspecified atom stereocenters. The molecular formula is C21H23FO2. The van der Waals surface area contributed by atoms with Crippen molar-refractivity contribution in [3.63, 3.8) is 0 Å². The van der Waals surface area contributed by atoms with Gasteiger partial charge in [-0.2, -0.15) is 0 Å². The van der Waals surface area contributed by atoms with E-state index in [-0.39, 0.29) is 17.3 Å². The van der Waals surface area contributed by atoms with Gasteiger partial charge in [0.2, 0.25) is 0 Å². The Labute approximate surface area is 142 Å². The minimum Gasteiger partial charge on any atom is -0.489 e. The van der Waals surface area contributed by atoms with Gasteiger partial charge in [-0.15, -0.1) is 0 Å². The van der Waals surface area contributed by atoms with E-state index in [4.69, 9.17) is 4.74 Å². The van der Waals surface area contributed by atoms with Crippen molar-refractivity contribution in [1.29, 1.82) is 0 Å². The van der Waals surface area contributed by atoms with E-state index >= 15 is 0 Å².